The van der Waals surface area contributed by atoms with Crippen molar-refractivity contribution in [2.75, 3.05) is 43.4 Å². The Balaban J connectivity index is 1.37. The molecule has 35 heavy (non-hydrogen) atoms. The zero-order valence-corrected chi connectivity index (χ0v) is 20.5. The van der Waals surface area contributed by atoms with E-state index in [4.69, 9.17) is 5.73 Å². The minimum atomic E-state index is -0.293. The van der Waals surface area contributed by atoms with E-state index in [1.807, 2.05) is 12.1 Å². The summed E-state index contributed by atoms with van der Waals surface area (Å²) < 4.78 is 13.2. The van der Waals surface area contributed by atoms with E-state index in [0.717, 1.165) is 55.2 Å². The number of hydrogen-bond donors (Lipinski definition) is 3. The lowest BCUT2D eigenvalue weighted by Gasteiger charge is -2.33. The van der Waals surface area contributed by atoms with Gasteiger partial charge in [0.1, 0.15) is 5.82 Å². The second-order valence-electron chi connectivity index (χ2n) is 9.22. The Morgan fingerprint density at radius 1 is 1.06 bits per heavy atom. The number of ketones is 1. The summed E-state index contributed by atoms with van der Waals surface area (Å²) in [6.45, 7) is 3.87. The number of hydrogen-bond acceptors (Lipinski definition) is 6. The lowest BCUT2D eigenvalue weighted by Crippen LogP contribution is -2.41. The van der Waals surface area contributed by atoms with Gasteiger partial charge in [-0.15, -0.1) is 0 Å². The van der Waals surface area contributed by atoms with Gasteiger partial charge >= 0.3 is 0 Å². The summed E-state index contributed by atoms with van der Waals surface area (Å²) in [5.41, 5.74) is 10.8. The number of benzene rings is 3. The number of nitrogens with one attached hydrogen (secondary N) is 2. The van der Waals surface area contributed by atoms with Crippen LogP contribution in [0.5, 0.6) is 0 Å². The second kappa shape index (κ2) is 10.8. The van der Waals surface area contributed by atoms with Crippen LogP contribution in [0.15, 0.2) is 70.5 Å². The summed E-state index contributed by atoms with van der Waals surface area (Å²) in [5, 5.41) is 6.92. The summed E-state index contributed by atoms with van der Waals surface area (Å²) in [7, 11) is 0. The van der Waals surface area contributed by atoms with Crippen LogP contribution in [0.4, 0.5) is 15.8 Å². The zero-order valence-electron chi connectivity index (χ0n) is 19.7. The number of rotatable bonds is 8. The monoisotopic (exact) mass is 490 g/mol. The Morgan fingerprint density at radius 3 is 2.60 bits per heavy atom. The number of carbonyl (C=O) groups excluding carboxylic acids is 1. The Bertz CT molecular complexity index is 1190. The van der Waals surface area contributed by atoms with Gasteiger partial charge < -0.3 is 21.3 Å². The zero-order chi connectivity index (χ0) is 24.2. The lowest BCUT2D eigenvalue weighted by molar-refractivity contribution is 0.101. The van der Waals surface area contributed by atoms with Crippen LogP contribution in [0.25, 0.3) is 0 Å². The molecule has 0 saturated carbocycles. The first kappa shape index (κ1) is 23.9. The van der Waals surface area contributed by atoms with Crippen molar-refractivity contribution in [1.82, 2.24) is 4.90 Å². The van der Waals surface area contributed by atoms with E-state index in [0.29, 0.717) is 18.2 Å². The number of piperidine rings is 1. The van der Waals surface area contributed by atoms with Gasteiger partial charge in [-0.3, -0.25) is 4.79 Å². The topological polar surface area (TPSA) is 70.4 Å². The number of Topliss-reactive ketones (excluding diaryl/α,β-unsaturated/α-hetero) is 1. The lowest BCUT2D eigenvalue weighted by atomic mass is 9.97. The molecule has 0 aliphatic carbocycles. The predicted molar refractivity (Wildman–Crippen MR) is 141 cm³/mol. The molecule has 3 aromatic carbocycles. The SMILES string of the molecule is NCCN1CCC(Nc2cc(C(=O)CNc3ccc(F)cc3)cc3c2Cc2ccccc2S3)CC1. The van der Waals surface area contributed by atoms with E-state index in [9.17, 15) is 9.18 Å². The van der Waals surface area contributed by atoms with E-state index < -0.39 is 0 Å². The number of likely N-dealkylation sites (tertiary alicyclic amines) is 1. The third-order valence-electron chi connectivity index (χ3n) is 6.78. The van der Waals surface area contributed by atoms with Gasteiger partial charge in [-0.2, -0.15) is 0 Å². The van der Waals surface area contributed by atoms with Gasteiger partial charge in [-0.05, 0) is 66.4 Å². The summed E-state index contributed by atoms with van der Waals surface area (Å²) in [4.78, 5) is 18.0. The fraction of sp³-hybridized carbons (Fsp3) is 0.321. The van der Waals surface area contributed by atoms with Gasteiger partial charge in [0.15, 0.2) is 5.78 Å². The minimum absolute atomic E-state index is 0.0115. The molecule has 2 aliphatic rings. The maximum Gasteiger partial charge on any atom is 0.181 e. The van der Waals surface area contributed by atoms with Crippen LogP contribution < -0.4 is 16.4 Å². The number of halogens is 1. The van der Waals surface area contributed by atoms with Gasteiger partial charge in [0.05, 0.1) is 6.54 Å². The maximum atomic E-state index is 13.2. The van der Waals surface area contributed by atoms with Crippen molar-refractivity contribution in [2.24, 2.45) is 5.73 Å². The maximum absolute atomic E-state index is 13.2. The van der Waals surface area contributed by atoms with E-state index in [2.05, 4.69) is 39.8 Å². The van der Waals surface area contributed by atoms with Crippen molar-refractivity contribution in [3.05, 3.63) is 83.2 Å². The second-order valence-corrected chi connectivity index (χ2v) is 10.3. The first-order valence-corrected chi connectivity index (χ1v) is 13.0. The van der Waals surface area contributed by atoms with Gasteiger partial charge in [0.25, 0.3) is 0 Å². The van der Waals surface area contributed by atoms with E-state index >= 15 is 0 Å². The number of carbonyl (C=O) groups is 1. The van der Waals surface area contributed by atoms with Crippen LogP contribution in [0.1, 0.15) is 34.3 Å². The van der Waals surface area contributed by atoms with Crippen molar-refractivity contribution in [3.63, 3.8) is 0 Å². The molecular formula is C28H31FN4OS. The number of nitrogens with zero attached hydrogens (tertiary/aromatic N) is 1. The van der Waals surface area contributed by atoms with Gasteiger partial charge in [-0.25, -0.2) is 4.39 Å². The van der Waals surface area contributed by atoms with Crippen LogP contribution in [-0.2, 0) is 6.42 Å². The smallest absolute Gasteiger partial charge is 0.181 e. The molecule has 1 fully saturated rings. The fourth-order valence-corrected chi connectivity index (χ4v) is 5.97. The summed E-state index contributed by atoms with van der Waals surface area (Å²) in [6.07, 6.45) is 2.97. The minimum Gasteiger partial charge on any atom is -0.382 e. The average Bonchev–Trinajstić information content (AvgIpc) is 2.88. The summed E-state index contributed by atoms with van der Waals surface area (Å²) in [6, 6.07) is 19.0. The van der Waals surface area contributed by atoms with Crippen molar-refractivity contribution in [3.8, 4) is 0 Å². The molecule has 1 saturated heterocycles. The van der Waals surface area contributed by atoms with Crippen molar-refractivity contribution < 1.29 is 9.18 Å². The average molecular weight is 491 g/mol. The molecule has 0 unspecified atom stereocenters. The Kier molecular flexibility index (Phi) is 7.37. The molecule has 2 aliphatic heterocycles. The number of fused-ring (bicyclic) bond motifs is 2. The summed E-state index contributed by atoms with van der Waals surface area (Å²) in [5.74, 6) is -0.282. The first-order valence-electron chi connectivity index (χ1n) is 12.2. The van der Waals surface area contributed by atoms with Crippen LogP contribution in [0.2, 0.25) is 0 Å². The predicted octanol–water partition coefficient (Wildman–Crippen LogP) is 5.01. The summed E-state index contributed by atoms with van der Waals surface area (Å²) >= 11 is 1.74. The molecule has 0 amide bonds. The number of nitrogens with two attached hydrogens (primary N) is 1. The fourth-order valence-electron chi connectivity index (χ4n) is 4.82. The van der Waals surface area contributed by atoms with Crippen LogP contribution in [0.3, 0.4) is 0 Å². The van der Waals surface area contributed by atoms with E-state index in [1.54, 1.807) is 23.9 Å². The number of anilines is 2. The van der Waals surface area contributed by atoms with Gasteiger partial charge in [-0.1, -0.05) is 30.0 Å². The molecular weight excluding hydrogens is 459 g/mol. The molecule has 5 rings (SSSR count). The standard InChI is InChI=1S/C28H31FN4OS/c29-21-5-7-22(8-6-21)31-18-26(34)20-16-25(32-23-9-12-33(13-10-23)14-11-30)24-15-19-3-1-2-4-27(19)35-28(24)17-20/h1-8,16-17,23,31-32H,9-15,18,30H2. The highest BCUT2D eigenvalue weighted by atomic mass is 32.2. The van der Waals surface area contributed by atoms with Crippen molar-refractivity contribution in [1.29, 1.82) is 0 Å². The van der Waals surface area contributed by atoms with Crippen LogP contribution >= 0.6 is 11.8 Å². The van der Waals surface area contributed by atoms with Crippen LogP contribution in [0, 0.1) is 5.82 Å². The first-order chi connectivity index (χ1) is 17.1. The molecule has 2 heterocycles. The molecule has 0 bridgehead atoms. The molecule has 0 aromatic heterocycles. The quantitative estimate of drug-likeness (QED) is 0.302. The molecule has 7 heteroatoms. The van der Waals surface area contributed by atoms with Gasteiger partial charge in [0, 0.05) is 65.4 Å². The normalized spacial score (nSPS) is 15.8. The highest BCUT2D eigenvalue weighted by Gasteiger charge is 2.24. The van der Waals surface area contributed by atoms with E-state index in [-0.39, 0.29) is 18.1 Å². The molecule has 182 valence electrons. The van der Waals surface area contributed by atoms with Crippen molar-refractivity contribution in [2.45, 2.75) is 35.1 Å². The van der Waals surface area contributed by atoms with Gasteiger partial charge in [0.2, 0.25) is 0 Å². The molecule has 0 spiro atoms. The molecule has 4 N–H and O–H groups in total. The van der Waals surface area contributed by atoms with E-state index in [1.165, 1.54) is 28.2 Å². The molecule has 5 nitrogen and oxygen atoms in total. The third-order valence-corrected chi connectivity index (χ3v) is 7.98. The Morgan fingerprint density at radius 2 is 1.83 bits per heavy atom. The molecule has 3 aromatic rings. The highest BCUT2D eigenvalue weighted by molar-refractivity contribution is 7.99. The van der Waals surface area contributed by atoms with Crippen molar-refractivity contribution >= 4 is 28.9 Å². The molecule has 0 atom stereocenters. The third kappa shape index (κ3) is 5.69. The van der Waals surface area contributed by atoms with Crippen LogP contribution in [-0.4, -0.2) is 49.4 Å². The largest absolute Gasteiger partial charge is 0.382 e. The Labute approximate surface area is 210 Å². The Hall–Kier alpha value is -2.87. The highest BCUT2D eigenvalue weighted by Crippen LogP contribution is 2.43. The molecule has 0 radical (unpaired) electrons.